The Morgan fingerprint density at radius 3 is 2.33 bits per heavy atom. The van der Waals surface area contributed by atoms with E-state index in [2.05, 4.69) is 15.5 Å². The van der Waals surface area contributed by atoms with Crippen LogP contribution >= 0.6 is 12.2 Å². The number of imidazole rings is 1. The van der Waals surface area contributed by atoms with Gasteiger partial charge in [-0.25, -0.2) is 14.4 Å². The Hall–Kier alpha value is -4.83. The second kappa shape index (κ2) is 8.75. The Balaban J connectivity index is 1.71. The molecule has 0 radical (unpaired) electrons. The average Bonchev–Trinajstić information content (AvgIpc) is 3.34. The van der Waals surface area contributed by atoms with Crippen LogP contribution < -0.4 is 26.7 Å². The van der Waals surface area contributed by atoms with E-state index in [1.807, 2.05) is 84.9 Å². The van der Waals surface area contributed by atoms with Gasteiger partial charge in [0.2, 0.25) is 10.9 Å². The summed E-state index contributed by atoms with van der Waals surface area (Å²) in [6.07, 6.45) is 1.80. The van der Waals surface area contributed by atoms with Crippen molar-refractivity contribution in [2.75, 3.05) is 7.11 Å². The van der Waals surface area contributed by atoms with Gasteiger partial charge in [0.05, 0.1) is 12.8 Å². The Kier molecular flexibility index (Phi) is 5.27. The zero-order chi connectivity index (χ0) is 24.6. The third-order valence-corrected chi connectivity index (χ3v) is 5.95. The summed E-state index contributed by atoms with van der Waals surface area (Å²) in [5.41, 5.74) is 5.24. The van der Waals surface area contributed by atoms with E-state index >= 15 is 0 Å². The number of ether oxygens (including phenoxy) is 1. The van der Waals surface area contributed by atoms with Gasteiger partial charge in [0, 0.05) is 5.56 Å². The maximum atomic E-state index is 13.8. The van der Waals surface area contributed by atoms with Crippen LogP contribution in [0.3, 0.4) is 0 Å². The summed E-state index contributed by atoms with van der Waals surface area (Å²) < 4.78 is 10.1. The van der Waals surface area contributed by atoms with Crippen molar-refractivity contribution in [3.63, 3.8) is 0 Å². The smallest absolute Gasteiger partial charge is 0.282 e. The molecule has 0 bridgehead atoms. The molecule has 0 saturated heterocycles. The van der Waals surface area contributed by atoms with Crippen LogP contribution in [0.1, 0.15) is 11.1 Å². The molecule has 3 heterocycles. The van der Waals surface area contributed by atoms with Gasteiger partial charge >= 0.3 is 0 Å². The molecule has 1 aliphatic heterocycles. The quantitative estimate of drug-likeness (QED) is 0.386. The number of hydrogen-bond acceptors (Lipinski definition) is 5. The van der Waals surface area contributed by atoms with Crippen LogP contribution in [0.2, 0.25) is 0 Å². The monoisotopic (exact) mass is 493 g/mol. The first-order valence-electron chi connectivity index (χ1n) is 11.1. The van der Waals surface area contributed by atoms with Gasteiger partial charge in [-0.1, -0.05) is 60.7 Å². The Morgan fingerprint density at radius 2 is 1.64 bits per heavy atom. The summed E-state index contributed by atoms with van der Waals surface area (Å²) in [5.74, 6) is 1.61. The lowest BCUT2D eigenvalue weighted by atomic mass is 10.2. The van der Waals surface area contributed by atoms with Gasteiger partial charge in [-0.05, 0) is 48.1 Å². The maximum absolute atomic E-state index is 13.8. The number of hydrogen-bond donors (Lipinski definition) is 1. The summed E-state index contributed by atoms with van der Waals surface area (Å²) in [6.45, 7) is 0. The normalized spacial score (nSPS) is 13.5. The zero-order valence-corrected chi connectivity index (χ0v) is 19.9. The first-order valence-corrected chi connectivity index (χ1v) is 11.5. The highest BCUT2D eigenvalue weighted by Crippen LogP contribution is 2.12. The minimum absolute atomic E-state index is 0.193. The predicted molar refractivity (Wildman–Crippen MR) is 140 cm³/mol. The molecule has 0 atom stereocenters. The molecule has 0 spiro atoms. The molecule has 5 aromatic rings. The molecule has 0 unspecified atom stereocenters. The molecule has 0 fully saturated rings. The van der Waals surface area contributed by atoms with E-state index in [4.69, 9.17) is 22.1 Å². The largest absolute Gasteiger partial charge is 0.497 e. The molecule has 10 heteroatoms. The Bertz CT molecular complexity index is 1820. The van der Waals surface area contributed by atoms with E-state index in [1.54, 1.807) is 26.8 Å². The highest BCUT2D eigenvalue weighted by atomic mass is 32.1. The number of fused-ring (bicyclic) bond motifs is 3. The van der Waals surface area contributed by atoms with Gasteiger partial charge < -0.3 is 4.74 Å². The fraction of sp³-hybridized carbons (Fsp3) is 0.0385. The molecule has 6 rings (SSSR count). The van der Waals surface area contributed by atoms with Crippen molar-refractivity contribution in [1.82, 2.24) is 24.2 Å². The molecule has 0 amide bonds. The number of nitrogens with one attached hydrogen (secondary N) is 1. The number of rotatable bonds is 4. The van der Waals surface area contributed by atoms with Crippen LogP contribution in [0.4, 0.5) is 0 Å². The predicted octanol–water partition coefficient (Wildman–Crippen LogP) is 1.84. The van der Waals surface area contributed by atoms with Crippen molar-refractivity contribution in [1.29, 1.82) is 0 Å². The molecule has 0 aliphatic carbocycles. The number of methoxy groups -OCH3 is 1. The Labute approximate surface area is 209 Å². The topological polar surface area (TPSA) is 90.2 Å². The third kappa shape index (κ3) is 3.60. The molecule has 1 aliphatic rings. The minimum Gasteiger partial charge on any atom is -0.497 e. The van der Waals surface area contributed by atoms with Crippen molar-refractivity contribution in [3.8, 4) is 11.4 Å². The lowest BCUT2D eigenvalue weighted by molar-refractivity contribution is 0.415. The van der Waals surface area contributed by atoms with Crippen molar-refractivity contribution >= 4 is 35.0 Å². The van der Waals surface area contributed by atoms with Gasteiger partial charge in [0.25, 0.3) is 11.2 Å². The van der Waals surface area contributed by atoms with Crippen LogP contribution in [0.5, 0.6) is 5.75 Å². The SMILES string of the molecule is COc1ccc(/C=c2\c(=O)n(-c3ccccc3)c3nn4c(n23)=NNC(=S)N=C4c2ccccc2)cc1. The molecule has 1 N–H and O–H groups in total. The number of aromatic nitrogens is 4. The molecule has 176 valence electrons. The number of nitrogens with zero attached hydrogens (tertiary/aromatic N) is 6. The first-order chi connectivity index (χ1) is 17.6. The molecule has 3 aromatic carbocycles. The molecule has 0 saturated carbocycles. The van der Waals surface area contributed by atoms with Gasteiger partial charge in [0.1, 0.15) is 11.1 Å². The van der Waals surface area contributed by atoms with E-state index in [9.17, 15) is 4.79 Å². The van der Waals surface area contributed by atoms with Gasteiger partial charge in [-0.3, -0.25) is 4.79 Å². The van der Waals surface area contributed by atoms with Crippen LogP contribution in [-0.2, 0) is 0 Å². The summed E-state index contributed by atoms with van der Waals surface area (Å²) in [4.78, 5) is 18.3. The lowest BCUT2D eigenvalue weighted by Gasteiger charge is -2.05. The van der Waals surface area contributed by atoms with Crippen molar-refractivity contribution in [2.24, 2.45) is 10.1 Å². The van der Waals surface area contributed by atoms with Crippen molar-refractivity contribution < 1.29 is 4.74 Å². The van der Waals surface area contributed by atoms with Crippen LogP contribution in [0.25, 0.3) is 17.5 Å². The fourth-order valence-electron chi connectivity index (χ4n) is 4.10. The standard InChI is InChI=1S/C26H19N7O2S/c1-35-20-14-12-17(13-15-20)16-21-23(34)31(19-10-6-3-7-11-19)26-30-33-22(18-8-4-2-5-9-18)27-24(36)28-29-25(33)32(21)26/h2-16H,1H3,(H,28,36)/b21-16+. The van der Waals surface area contributed by atoms with Crippen LogP contribution in [0, 0.1) is 0 Å². The molecular formula is C26H19N7O2S. The Morgan fingerprint density at radius 1 is 0.944 bits per heavy atom. The van der Waals surface area contributed by atoms with Crippen molar-refractivity contribution in [3.05, 3.63) is 117 Å². The van der Waals surface area contributed by atoms with E-state index in [0.29, 0.717) is 28.3 Å². The fourth-order valence-corrected chi connectivity index (χ4v) is 4.23. The van der Waals surface area contributed by atoms with Crippen LogP contribution in [0.15, 0.2) is 99.8 Å². The summed E-state index contributed by atoms with van der Waals surface area (Å²) in [6, 6.07) is 26.4. The number of aliphatic imine (C=N–C) groups is 1. The molecular weight excluding hydrogens is 474 g/mol. The van der Waals surface area contributed by atoms with E-state index < -0.39 is 0 Å². The lowest BCUT2D eigenvalue weighted by Crippen LogP contribution is -2.39. The number of para-hydroxylation sites is 1. The molecule has 9 nitrogen and oxygen atoms in total. The second-order valence-corrected chi connectivity index (χ2v) is 8.34. The van der Waals surface area contributed by atoms with E-state index in [-0.39, 0.29) is 10.7 Å². The summed E-state index contributed by atoms with van der Waals surface area (Å²) in [7, 11) is 1.61. The zero-order valence-electron chi connectivity index (χ0n) is 19.1. The average molecular weight is 494 g/mol. The third-order valence-electron chi connectivity index (χ3n) is 5.77. The molecule has 36 heavy (non-hydrogen) atoms. The second-order valence-electron chi connectivity index (χ2n) is 7.96. The number of benzene rings is 3. The van der Waals surface area contributed by atoms with E-state index in [1.165, 1.54) is 0 Å². The highest BCUT2D eigenvalue weighted by molar-refractivity contribution is 7.80. The summed E-state index contributed by atoms with van der Waals surface area (Å²) in [5, 5.41) is 9.86. The van der Waals surface area contributed by atoms with Crippen LogP contribution in [-0.4, -0.2) is 36.8 Å². The van der Waals surface area contributed by atoms with Crippen molar-refractivity contribution in [2.45, 2.75) is 0 Å². The highest BCUT2D eigenvalue weighted by Gasteiger charge is 2.23. The first kappa shape index (κ1) is 21.7. The molecule has 2 aromatic heterocycles. The maximum Gasteiger partial charge on any atom is 0.282 e. The number of thiocarbonyl (C=S) groups is 1. The van der Waals surface area contributed by atoms with Gasteiger partial charge in [-0.15, -0.1) is 10.2 Å². The van der Waals surface area contributed by atoms with Gasteiger partial charge in [0.15, 0.2) is 5.84 Å². The summed E-state index contributed by atoms with van der Waals surface area (Å²) >= 11 is 5.35. The van der Waals surface area contributed by atoms with Gasteiger partial charge in [-0.2, -0.15) is 9.67 Å². The van der Waals surface area contributed by atoms with E-state index in [0.717, 1.165) is 16.9 Å². The minimum atomic E-state index is -0.233.